The lowest BCUT2D eigenvalue weighted by Gasteiger charge is -1.92. The second-order valence-electron chi connectivity index (χ2n) is 2.58. The second kappa shape index (κ2) is 2.41. The molecule has 1 aliphatic carbocycles. The summed E-state index contributed by atoms with van der Waals surface area (Å²) < 4.78 is 0. The van der Waals surface area contributed by atoms with E-state index in [-0.39, 0.29) is 0 Å². The number of carboxylic acid groups (broad SMARTS) is 1. The summed E-state index contributed by atoms with van der Waals surface area (Å²) >= 11 is 0. The summed E-state index contributed by atoms with van der Waals surface area (Å²) in [6, 6.07) is 0. The molecule has 60 valence electrons. The van der Waals surface area contributed by atoms with Gasteiger partial charge in [0.05, 0.1) is 5.69 Å². The van der Waals surface area contributed by atoms with Gasteiger partial charge in [0.1, 0.15) is 6.33 Å². The molecule has 0 radical (unpaired) electrons. The van der Waals surface area contributed by atoms with Gasteiger partial charge in [-0.05, 0) is 6.08 Å². The maximum absolute atomic E-state index is 10.6. The van der Waals surface area contributed by atoms with Gasteiger partial charge in [-0.15, -0.1) is 0 Å². The van der Waals surface area contributed by atoms with Gasteiger partial charge in [-0.2, -0.15) is 0 Å². The highest BCUT2D eigenvalue weighted by molar-refractivity contribution is 5.94. The van der Waals surface area contributed by atoms with E-state index >= 15 is 0 Å². The molecule has 2 rings (SSSR count). The molecule has 0 amide bonds. The Bertz CT molecular complexity index is 371. The zero-order chi connectivity index (χ0) is 8.55. The maximum atomic E-state index is 10.6. The first-order valence-electron chi connectivity index (χ1n) is 3.50. The first kappa shape index (κ1) is 6.97. The first-order chi connectivity index (χ1) is 5.77. The molecular formula is C8H6N2O2. The Kier molecular flexibility index (Phi) is 1.40. The number of aliphatic carboxylic acids is 1. The summed E-state index contributed by atoms with van der Waals surface area (Å²) in [6.45, 7) is 0. The van der Waals surface area contributed by atoms with Gasteiger partial charge in [-0.25, -0.2) is 14.8 Å². The SMILES string of the molecule is O=C(O)C1=Cc2ncncc2C1. The molecule has 1 N–H and O–H groups in total. The fraction of sp³-hybridized carbons (Fsp3) is 0.125. The van der Waals surface area contributed by atoms with Crippen LogP contribution in [0.4, 0.5) is 0 Å². The van der Waals surface area contributed by atoms with Crippen molar-refractivity contribution in [3.63, 3.8) is 0 Å². The summed E-state index contributed by atoms with van der Waals surface area (Å²) in [5, 5.41) is 8.67. The fourth-order valence-corrected chi connectivity index (χ4v) is 1.19. The molecule has 1 aromatic rings. The number of hydrogen-bond acceptors (Lipinski definition) is 3. The van der Waals surface area contributed by atoms with Crippen molar-refractivity contribution in [2.45, 2.75) is 6.42 Å². The standard InChI is InChI=1S/C8H6N2O2/c11-8(12)5-1-6-3-9-4-10-7(6)2-5/h2-4H,1H2,(H,11,12). The first-order valence-corrected chi connectivity index (χ1v) is 3.50. The molecule has 0 saturated heterocycles. The van der Waals surface area contributed by atoms with E-state index in [1.807, 2.05) is 0 Å². The van der Waals surface area contributed by atoms with Gasteiger partial charge < -0.3 is 5.11 Å². The van der Waals surface area contributed by atoms with E-state index in [0.29, 0.717) is 12.0 Å². The number of nitrogens with zero attached hydrogens (tertiary/aromatic N) is 2. The monoisotopic (exact) mass is 162 g/mol. The van der Waals surface area contributed by atoms with Gasteiger partial charge in [0.15, 0.2) is 0 Å². The highest BCUT2D eigenvalue weighted by Crippen LogP contribution is 2.21. The van der Waals surface area contributed by atoms with Gasteiger partial charge in [-0.3, -0.25) is 0 Å². The van der Waals surface area contributed by atoms with Crippen molar-refractivity contribution in [2.75, 3.05) is 0 Å². The molecule has 12 heavy (non-hydrogen) atoms. The second-order valence-corrected chi connectivity index (χ2v) is 2.58. The van der Waals surface area contributed by atoms with Crippen LogP contribution in [0, 0.1) is 0 Å². The Morgan fingerprint density at radius 3 is 3.08 bits per heavy atom. The van der Waals surface area contributed by atoms with Crippen LogP contribution in [0.2, 0.25) is 0 Å². The van der Waals surface area contributed by atoms with Crippen molar-refractivity contribution >= 4 is 12.0 Å². The van der Waals surface area contributed by atoms with Crippen molar-refractivity contribution in [3.05, 3.63) is 29.4 Å². The van der Waals surface area contributed by atoms with Crippen molar-refractivity contribution in [1.29, 1.82) is 0 Å². The zero-order valence-electron chi connectivity index (χ0n) is 6.19. The van der Waals surface area contributed by atoms with E-state index in [9.17, 15) is 4.79 Å². The minimum absolute atomic E-state index is 0.380. The van der Waals surface area contributed by atoms with Crippen molar-refractivity contribution in [1.82, 2.24) is 9.97 Å². The summed E-state index contributed by atoms with van der Waals surface area (Å²) in [5.74, 6) is -0.881. The molecular weight excluding hydrogens is 156 g/mol. The molecule has 0 spiro atoms. The molecule has 0 aliphatic heterocycles. The van der Waals surface area contributed by atoms with Crippen LogP contribution >= 0.6 is 0 Å². The van der Waals surface area contributed by atoms with E-state index in [1.54, 1.807) is 12.3 Å². The number of hydrogen-bond donors (Lipinski definition) is 1. The van der Waals surface area contributed by atoms with Crippen molar-refractivity contribution < 1.29 is 9.90 Å². The molecule has 0 aromatic carbocycles. The van der Waals surface area contributed by atoms with Crippen LogP contribution in [0.5, 0.6) is 0 Å². The van der Waals surface area contributed by atoms with E-state index < -0.39 is 5.97 Å². The molecule has 0 bridgehead atoms. The molecule has 1 heterocycles. The topological polar surface area (TPSA) is 63.1 Å². The Hall–Kier alpha value is -1.71. The summed E-state index contributed by atoms with van der Waals surface area (Å²) in [5.41, 5.74) is 1.99. The molecule has 0 atom stereocenters. The average molecular weight is 162 g/mol. The highest BCUT2D eigenvalue weighted by Gasteiger charge is 2.18. The predicted molar refractivity (Wildman–Crippen MR) is 41.3 cm³/mol. The van der Waals surface area contributed by atoms with Crippen LogP contribution in [0.1, 0.15) is 11.3 Å². The lowest BCUT2D eigenvalue weighted by Crippen LogP contribution is -1.99. The van der Waals surface area contributed by atoms with Crippen LogP contribution in [-0.2, 0) is 11.2 Å². The van der Waals surface area contributed by atoms with E-state index in [0.717, 1.165) is 11.3 Å². The van der Waals surface area contributed by atoms with Crippen LogP contribution in [-0.4, -0.2) is 21.0 Å². The quantitative estimate of drug-likeness (QED) is 0.653. The van der Waals surface area contributed by atoms with Gasteiger partial charge in [-0.1, -0.05) is 0 Å². The van der Waals surface area contributed by atoms with Gasteiger partial charge in [0.2, 0.25) is 0 Å². The number of carboxylic acids is 1. The third-order valence-electron chi connectivity index (χ3n) is 1.79. The zero-order valence-corrected chi connectivity index (χ0v) is 6.19. The van der Waals surface area contributed by atoms with E-state index in [4.69, 9.17) is 5.11 Å². The van der Waals surface area contributed by atoms with Crippen molar-refractivity contribution in [2.24, 2.45) is 0 Å². The van der Waals surface area contributed by atoms with Gasteiger partial charge >= 0.3 is 5.97 Å². The Morgan fingerprint density at radius 2 is 2.42 bits per heavy atom. The maximum Gasteiger partial charge on any atom is 0.331 e. The largest absolute Gasteiger partial charge is 0.478 e. The van der Waals surface area contributed by atoms with Gasteiger partial charge in [0.25, 0.3) is 0 Å². The predicted octanol–water partition coefficient (Wildman–Crippen LogP) is 0.501. The third kappa shape index (κ3) is 0.972. The molecule has 4 heteroatoms. The third-order valence-corrected chi connectivity index (χ3v) is 1.79. The molecule has 0 fully saturated rings. The molecule has 1 aromatic heterocycles. The van der Waals surface area contributed by atoms with Crippen LogP contribution in [0.3, 0.4) is 0 Å². The molecule has 0 saturated carbocycles. The number of aromatic nitrogens is 2. The Labute approximate surface area is 68.6 Å². The summed E-state index contributed by atoms with van der Waals surface area (Å²) in [4.78, 5) is 18.3. The Morgan fingerprint density at radius 1 is 1.58 bits per heavy atom. The lowest BCUT2D eigenvalue weighted by atomic mass is 10.2. The molecule has 0 unspecified atom stereocenters. The molecule has 4 nitrogen and oxygen atoms in total. The lowest BCUT2D eigenvalue weighted by molar-refractivity contribution is -0.132. The minimum atomic E-state index is -0.881. The van der Waals surface area contributed by atoms with Crippen LogP contribution in [0.15, 0.2) is 18.1 Å². The molecule has 1 aliphatic rings. The van der Waals surface area contributed by atoms with Crippen LogP contribution < -0.4 is 0 Å². The number of carbonyl (C=O) groups is 1. The summed E-state index contributed by atoms with van der Waals surface area (Å²) in [7, 11) is 0. The Balaban J connectivity index is 2.41. The van der Waals surface area contributed by atoms with E-state index in [1.165, 1.54) is 6.33 Å². The minimum Gasteiger partial charge on any atom is -0.478 e. The average Bonchev–Trinajstić information content (AvgIpc) is 2.46. The van der Waals surface area contributed by atoms with Crippen molar-refractivity contribution in [3.8, 4) is 0 Å². The van der Waals surface area contributed by atoms with Crippen LogP contribution in [0.25, 0.3) is 6.08 Å². The smallest absolute Gasteiger partial charge is 0.331 e. The highest BCUT2D eigenvalue weighted by atomic mass is 16.4. The van der Waals surface area contributed by atoms with Gasteiger partial charge in [0, 0.05) is 23.8 Å². The fourth-order valence-electron chi connectivity index (χ4n) is 1.19. The number of rotatable bonds is 1. The summed E-state index contributed by atoms with van der Waals surface area (Å²) in [6.07, 6.45) is 5.08. The van der Waals surface area contributed by atoms with E-state index in [2.05, 4.69) is 9.97 Å². The number of fused-ring (bicyclic) bond motifs is 1. The normalized spacial score (nSPS) is 13.8.